The van der Waals surface area contributed by atoms with E-state index in [1.165, 1.54) is 12.1 Å². The number of carbonyl (C=O) groups is 1. The summed E-state index contributed by atoms with van der Waals surface area (Å²) in [6.07, 6.45) is 0.582. The molecular formula is C18H29FN2O2. The minimum Gasteiger partial charge on any atom is -0.444 e. The fourth-order valence-electron chi connectivity index (χ4n) is 2.20. The summed E-state index contributed by atoms with van der Waals surface area (Å²) in [6, 6.07) is 6.57. The van der Waals surface area contributed by atoms with Gasteiger partial charge in [-0.2, -0.15) is 0 Å². The van der Waals surface area contributed by atoms with Gasteiger partial charge in [-0.15, -0.1) is 0 Å². The maximum atomic E-state index is 13.2. The Morgan fingerprint density at radius 1 is 1.35 bits per heavy atom. The molecule has 1 atom stereocenters. The van der Waals surface area contributed by atoms with Gasteiger partial charge in [0.05, 0.1) is 0 Å². The van der Waals surface area contributed by atoms with E-state index in [0.717, 1.165) is 12.0 Å². The van der Waals surface area contributed by atoms with Crippen LogP contribution in [-0.2, 0) is 4.74 Å². The van der Waals surface area contributed by atoms with Gasteiger partial charge < -0.3 is 15.0 Å². The summed E-state index contributed by atoms with van der Waals surface area (Å²) >= 11 is 0. The molecule has 0 fully saturated rings. The minimum absolute atomic E-state index is 0.0211. The second kappa shape index (κ2) is 8.87. The quantitative estimate of drug-likeness (QED) is 0.820. The first-order valence-corrected chi connectivity index (χ1v) is 8.19. The number of carbonyl (C=O) groups excluding carboxylic acids is 1. The first-order valence-electron chi connectivity index (χ1n) is 8.19. The number of benzene rings is 1. The fourth-order valence-corrected chi connectivity index (χ4v) is 2.20. The van der Waals surface area contributed by atoms with E-state index in [1.54, 1.807) is 11.0 Å². The van der Waals surface area contributed by atoms with Gasteiger partial charge >= 0.3 is 6.09 Å². The Kier molecular flexibility index (Phi) is 7.49. The van der Waals surface area contributed by atoms with Crippen LogP contribution in [0.2, 0.25) is 0 Å². The number of rotatable bonds is 7. The van der Waals surface area contributed by atoms with Crippen molar-refractivity contribution in [2.75, 3.05) is 19.6 Å². The summed E-state index contributed by atoms with van der Waals surface area (Å²) in [6.45, 7) is 11.4. The second-order valence-electron chi connectivity index (χ2n) is 6.70. The molecule has 0 saturated heterocycles. The topological polar surface area (TPSA) is 41.6 Å². The monoisotopic (exact) mass is 324 g/mol. The van der Waals surface area contributed by atoms with E-state index < -0.39 is 5.60 Å². The van der Waals surface area contributed by atoms with E-state index >= 15 is 0 Å². The van der Waals surface area contributed by atoms with Crippen molar-refractivity contribution >= 4 is 6.09 Å². The molecule has 5 heteroatoms. The summed E-state index contributed by atoms with van der Waals surface area (Å²) in [5, 5.41) is 3.32. The van der Waals surface area contributed by atoms with Crippen molar-refractivity contribution in [3.05, 3.63) is 35.6 Å². The number of hydrogen-bond donors (Lipinski definition) is 1. The van der Waals surface area contributed by atoms with Gasteiger partial charge in [-0.3, -0.25) is 0 Å². The van der Waals surface area contributed by atoms with Crippen LogP contribution in [0.3, 0.4) is 0 Å². The molecule has 0 saturated carbocycles. The molecule has 1 rings (SSSR count). The summed E-state index contributed by atoms with van der Waals surface area (Å²) in [5.74, 6) is -0.238. The number of ether oxygens (including phenoxy) is 1. The van der Waals surface area contributed by atoms with Crippen LogP contribution in [0.25, 0.3) is 0 Å². The van der Waals surface area contributed by atoms with Gasteiger partial charge in [0.1, 0.15) is 11.4 Å². The average molecular weight is 324 g/mol. The number of nitrogens with zero attached hydrogens (tertiary/aromatic N) is 1. The van der Waals surface area contributed by atoms with E-state index in [0.29, 0.717) is 19.6 Å². The van der Waals surface area contributed by atoms with Gasteiger partial charge in [0, 0.05) is 25.7 Å². The molecule has 0 heterocycles. The Labute approximate surface area is 139 Å². The van der Waals surface area contributed by atoms with Crippen LogP contribution in [0.15, 0.2) is 24.3 Å². The summed E-state index contributed by atoms with van der Waals surface area (Å²) in [5.41, 5.74) is 0.398. The molecule has 1 aromatic carbocycles. The van der Waals surface area contributed by atoms with Crippen molar-refractivity contribution in [2.45, 2.75) is 52.7 Å². The number of hydrogen-bond acceptors (Lipinski definition) is 3. The van der Waals surface area contributed by atoms with Crippen LogP contribution in [-0.4, -0.2) is 36.2 Å². The first-order chi connectivity index (χ1) is 10.7. The van der Waals surface area contributed by atoms with E-state index in [-0.39, 0.29) is 18.0 Å². The molecule has 23 heavy (non-hydrogen) atoms. The molecule has 1 unspecified atom stereocenters. The Morgan fingerprint density at radius 3 is 2.61 bits per heavy atom. The summed E-state index contributed by atoms with van der Waals surface area (Å²) < 4.78 is 18.7. The molecule has 0 radical (unpaired) electrons. The highest BCUT2D eigenvalue weighted by molar-refractivity contribution is 5.68. The number of amides is 1. The van der Waals surface area contributed by atoms with Gasteiger partial charge in [-0.05, 0) is 51.8 Å². The van der Waals surface area contributed by atoms with Gasteiger partial charge in [-0.25, -0.2) is 9.18 Å². The van der Waals surface area contributed by atoms with E-state index in [9.17, 15) is 9.18 Å². The van der Waals surface area contributed by atoms with Crippen LogP contribution in [0, 0.1) is 5.82 Å². The second-order valence-corrected chi connectivity index (χ2v) is 6.70. The molecule has 0 aliphatic carbocycles. The lowest BCUT2D eigenvalue weighted by molar-refractivity contribution is 0.0251. The summed E-state index contributed by atoms with van der Waals surface area (Å²) in [7, 11) is 0. The molecule has 1 amide bonds. The Morgan fingerprint density at radius 2 is 2.04 bits per heavy atom. The maximum absolute atomic E-state index is 13.2. The van der Waals surface area contributed by atoms with Crippen molar-refractivity contribution in [3.63, 3.8) is 0 Å². The lowest BCUT2D eigenvalue weighted by Crippen LogP contribution is -2.41. The fraction of sp³-hybridized carbons (Fsp3) is 0.611. The smallest absolute Gasteiger partial charge is 0.410 e. The first kappa shape index (κ1) is 19.4. The highest BCUT2D eigenvalue weighted by Gasteiger charge is 2.21. The van der Waals surface area contributed by atoms with Crippen LogP contribution in [0.4, 0.5) is 9.18 Å². The predicted octanol–water partition coefficient (Wildman–Crippen LogP) is 4.12. The van der Waals surface area contributed by atoms with Crippen molar-refractivity contribution in [3.8, 4) is 0 Å². The highest BCUT2D eigenvalue weighted by atomic mass is 19.1. The molecule has 1 N–H and O–H groups in total. The predicted molar refractivity (Wildman–Crippen MR) is 90.9 cm³/mol. The third-order valence-electron chi connectivity index (χ3n) is 3.33. The molecular weight excluding hydrogens is 295 g/mol. The largest absolute Gasteiger partial charge is 0.444 e. The standard InChI is InChI=1S/C18H29FN2O2/c1-6-11-21(17(22)23-18(3,4)5)12-10-20-14(2)15-8-7-9-16(19)13-15/h7-9,13-14,20H,6,10-12H2,1-5H3. The van der Waals surface area contributed by atoms with E-state index in [1.807, 2.05) is 40.7 Å². The lowest BCUT2D eigenvalue weighted by Gasteiger charge is -2.27. The number of nitrogens with one attached hydrogen (secondary N) is 1. The summed E-state index contributed by atoms with van der Waals surface area (Å²) in [4.78, 5) is 13.9. The third kappa shape index (κ3) is 7.46. The normalized spacial score (nSPS) is 12.8. The van der Waals surface area contributed by atoms with Gasteiger partial charge in [0.15, 0.2) is 0 Å². The van der Waals surface area contributed by atoms with Gasteiger partial charge in [0.2, 0.25) is 0 Å². The highest BCUT2D eigenvalue weighted by Crippen LogP contribution is 2.13. The van der Waals surface area contributed by atoms with Crippen LogP contribution in [0.5, 0.6) is 0 Å². The minimum atomic E-state index is -0.495. The van der Waals surface area contributed by atoms with Crippen molar-refractivity contribution in [1.82, 2.24) is 10.2 Å². The molecule has 0 spiro atoms. The van der Waals surface area contributed by atoms with Crippen LogP contribution in [0.1, 0.15) is 52.6 Å². The zero-order valence-corrected chi connectivity index (χ0v) is 14.9. The molecule has 1 aromatic rings. The molecule has 0 aromatic heterocycles. The van der Waals surface area contributed by atoms with Crippen LogP contribution >= 0.6 is 0 Å². The van der Waals surface area contributed by atoms with Crippen LogP contribution < -0.4 is 5.32 Å². The van der Waals surface area contributed by atoms with Crippen molar-refractivity contribution in [2.24, 2.45) is 0 Å². The van der Waals surface area contributed by atoms with Crippen molar-refractivity contribution in [1.29, 1.82) is 0 Å². The van der Waals surface area contributed by atoms with E-state index in [4.69, 9.17) is 4.74 Å². The zero-order chi connectivity index (χ0) is 17.5. The average Bonchev–Trinajstić information content (AvgIpc) is 2.44. The molecule has 4 nitrogen and oxygen atoms in total. The van der Waals surface area contributed by atoms with Crippen molar-refractivity contribution < 1.29 is 13.9 Å². The lowest BCUT2D eigenvalue weighted by atomic mass is 10.1. The zero-order valence-electron chi connectivity index (χ0n) is 14.9. The molecule has 0 aliphatic heterocycles. The van der Waals surface area contributed by atoms with Gasteiger partial charge in [-0.1, -0.05) is 19.1 Å². The third-order valence-corrected chi connectivity index (χ3v) is 3.33. The van der Waals surface area contributed by atoms with E-state index in [2.05, 4.69) is 5.32 Å². The number of halogens is 1. The Bertz CT molecular complexity index is 500. The maximum Gasteiger partial charge on any atom is 0.410 e. The Hall–Kier alpha value is -1.62. The molecule has 130 valence electrons. The Balaban J connectivity index is 2.50. The molecule has 0 aliphatic rings. The van der Waals surface area contributed by atoms with Gasteiger partial charge in [0.25, 0.3) is 0 Å². The SMILES string of the molecule is CCCN(CCNC(C)c1cccc(F)c1)C(=O)OC(C)(C)C. The molecule has 0 bridgehead atoms.